The first-order valence-electron chi connectivity index (χ1n) is 3.97. The fraction of sp³-hybridized carbons (Fsp3) is 0.600. The van der Waals surface area contributed by atoms with E-state index in [1.165, 1.54) is 0 Å². The third kappa shape index (κ3) is 4.19. The molecule has 12 heavy (non-hydrogen) atoms. The van der Waals surface area contributed by atoms with E-state index in [0.717, 1.165) is 5.57 Å². The van der Waals surface area contributed by atoms with Crippen LogP contribution in [-0.4, -0.2) is 18.3 Å². The minimum Gasteiger partial charge on any atom is -0.493 e. The first-order chi connectivity index (χ1) is 5.39. The summed E-state index contributed by atoms with van der Waals surface area (Å²) in [6.45, 7) is 13.7. The maximum atomic E-state index is 8.91. The number of rotatable bonds is 5. The molecular weight excluding hydrogens is 152 g/mol. The van der Waals surface area contributed by atoms with Gasteiger partial charge in [-0.3, -0.25) is 0 Å². The highest BCUT2D eigenvalue weighted by molar-refractivity contribution is 5.15. The molecule has 2 heteroatoms. The highest BCUT2D eigenvalue weighted by Crippen LogP contribution is 2.17. The molecule has 0 rings (SSSR count). The van der Waals surface area contributed by atoms with Crippen LogP contribution in [0.1, 0.15) is 20.8 Å². The number of hydrogen-bond donors (Lipinski definition) is 1. The predicted molar refractivity (Wildman–Crippen MR) is 50.8 cm³/mol. The van der Waals surface area contributed by atoms with Gasteiger partial charge in [0.15, 0.2) is 0 Å². The molecule has 0 aliphatic rings. The van der Waals surface area contributed by atoms with Crippen LogP contribution >= 0.6 is 0 Å². The molecule has 2 nitrogen and oxygen atoms in total. The Balaban J connectivity index is 3.83. The van der Waals surface area contributed by atoms with Crippen molar-refractivity contribution >= 4 is 0 Å². The third-order valence-corrected chi connectivity index (χ3v) is 1.54. The zero-order valence-corrected chi connectivity index (χ0v) is 8.18. The summed E-state index contributed by atoms with van der Waals surface area (Å²) in [5, 5.41) is 8.91. The van der Waals surface area contributed by atoms with Crippen molar-refractivity contribution in [3.05, 3.63) is 24.5 Å². The van der Waals surface area contributed by atoms with E-state index < -0.39 is 0 Å². The number of aliphatic hydroxyl groups excluding tert-OH is 1. The monoisotopic (exact) mass is 170 g/mol. The van der Waals surface area contributed by atoms with Gasteiger partial charge in [-0.05, 0) is 12.5 Å². The van der Waals surface area contributed by atoms with Gasteiger partial charge in [0, 0.05) is 5.41 Å². The molecule has 0 amide bonds. The Hall–Kier alpha value is -0.760. The second-order valence-electron chi connectivity index (χ2n) is 3.81. The predicted octanol–water partition coefficient (Wildman–Crippen LogP) is 2.11. The molecular formula is C10H18O2. The van der Waals surface area contributed by atoms with Crippen molar-refractivity contribution in [2.45, 2.75) is 20.8 Å². The van der Waals surface area contributed by atoms with Crippen LogP contribution in [0.5, 0.6) is 0 Å². The maximum Gasteiger partial charge on any atom is 0.114 e. The second-order valence-corrected chi connectivity index (χ2v) is 3.81. The van der Waals surface area contributed by atoms with E-state index in [2.05, 4.69) is 13.2 Å². The zero-order chi connectivity index (χ0) is 9.78. The number of ether oxygens (including phenoxy) is 1. The van der Waals surface area contributed by atoms with Gasteiger partial charge >= 0.3 is 0 Å². The molecule has 0 aromatic heterocycles. The van der Waals surface area contributed by atoms with Crippen LogP contribution in [0.25, 0.3) is 0 Å². The van der Waals surface area contributed by atoms with Gasteiger partial charge < -0.3 is 9.84 Å². The highest BCUT2D eigenvalue weighted by Gasteiger charge is 2.17. The van der Waals surface area contributed by atoms with Crippen LogP contribution in [0.2, 0.25) is 0 Å². The lowest BCUT2D eigenvalue weighted by Crippen LogP contribution is -2.23. The summed E-state index contributed by atoms with van der Waals surface area (Å²) in [5.74, 6) is 0.594. The molecule has 0 spiro atoms. The molecule has 0 atom stereocenters. The third-order valence-electron chi connectivity index (χ3n) is 1.54. The maximum absolute atomic E-state index is 8.91. The minimum absolute atomic E-state index is 0.108. The van der Waals surface area contributed by atoms with E-state index in [0.29, 0.717) is 12.4 Å². The molecule has 70 valence electrons. The molecule has 0 fully saturated rings. The Morgan fingerprint density at radius 2 is 1.92 bits per heavy atom. The molecule has 0 saturated heterocycles. The van der Waals surface area contributed by atoms with Crippen molar-refractivity contribution < 1.29 is 9.84 Å². The Labute approximate surface area is 74.6 Å². The Morgan fingerprint density at radius 1 is 1.42 bits per heavy atom. The van der Waals surface area contributed by atoms with Gasteiger partial charge in [0.25, 0.3) is 0 Å². The lowest BCUT2D eigenvalue weighted by atomic mass is 9.96. The lowest BCUT2D eigenvalue weighted by molar-refractivity contribution is 0.0657. The average molecular weight is 170 g/mol. The van der Waals surface area contributed by atoms with Gasteiger partial charge in [-0.15, -0.1) is 0 Å². The summed E-state index contributed by atoms with van der Waals surface area (Å²) in [6.07, 6.45) is 0. The second kappa shape index (κ2) is 4.31. The minimum atomic E-state index is -0.210. The Kier molecular flexibility index (Phi) is 4.04. The summed E-state index contributed by atoms with van der Waals surface area (Å²) in [4.78, 5) is 0. The topological polar surface area (TPSA) is 29.5 Å². The van der Waals surface area contributed by atoms with E-state index in [1.807, 2.05) is 20.8 Å². The standard InChI is InChI=1S/C10H18O2/c1-8(2)9(3)12-7-10(4,5)6-11/h11H,1,3,6-7H2,2,4-5H3. The summed E-state index contributed by atoms with van der Waals surface area (Å²) in [7, 11) is 0. The van der Waals surface area contributed by atoms with E-state index in [1.54, 1.807) is 0 Å². The van der Waals surface area contributed by atoms with Gasteiger partial charge in [-0.1, -0.05) is 27.0 Å². The van der Waals surface area contributed by atoms with Crippen LogP contribution in [0.3, 0.4) is 0 Å². The fourth-order valence-electron chi connectivity index (χ4n) is 0.451. The van der Waals surface area contributed by atoms with Crippen LogP contribution in [0, 0.1) is 5.41 Å². The van der Waals surface area contributed by atoms with Gasteiger partial charge in [-0.2, -0.15) is 0 Å². The fourth-order valence-corrected chi connectivity index (χ4v) is 0.451. The molecule has 0 aliphatic carbocycles. The number of aliphatic hydroxyl groups is 1. The smallest absolute Gasteiger partial charge is 0.114 e. The largest absolute Gasteiger partial charge is 0.493 e. The van der Waals surface area contributed by atoms with Crippen molar-refractivity contribution in [2.24, 2.45) is 5.41 Å². The first-order valence-corrected chi connectivity index (χ1v) is 3.97. The number of allylic oxidation sites excluding steroid dienone is 1. The Bertz CT molecular complexity index is 180. The van der Waals surface area contributed by atoms with Crippen LogP contribution in [0.15, 0.2) is 24.5 Å². The van der Waals surface area contributed by atoms with Crippen molar-refractivity contribution in [1.29, 1.82) is 0 Å². The van der Waals surface area contributed by atoms with Gasteiger partial charge in [0.05, 0.1) is 13.2 Å². The normalized spacial score (nSPS) is 11.0. The first kappa shape index (κ1) is 11.2. The van der Waals surface area contributed by atoms with Gasteiger partial charge in [0.2, 0.25) is 0 Å². The quantitative estimate of drug-likeness (QED) is 0.506. The van der Waals surface area contributed by atoms with Crippen molar-refractivity contribution in [3.8, 4) is 0 Å². The molecule has 0 radical (unpaired) electrons. The van der Waals surface area contributed by atoms with Gasteiger partial charge in [-0.25, -0.2) is 0 Å². The van der Waals surface area contributed by atoms with Crippen molar-refractivity contribution in [3.63, 3.8) is 0 Å². The van der Waals surface area contributed by atoms with Crippen molar-refractivity contribution in [2.75, 3.05) is 13.2 Å². The van der Waals surface area contributed by atoms with Gasteiger partial charge in [0.1, 0.15) is 5.76 Å². The van der Waals surface area contributed by atoms with E-state index in [9.17, 15) is 0 Å². The molecule has 0 saturated carbocycles. The van der Waals surface area contributed by atoms with Crippen LogP contribution in [0.4, 0.5) is 0 Å². The van der Waals surface area contributed by atoms with Crippen molar-refractivity contribution in [1.82, 2.24) is 0 Å². The summed E-state index contributed by atoms with van der Waals surface area (Å²) >= 11 is 0. The lowest BCUT2D eigenvalue weighted by Gasteiger charge is -2.22. The summed E-state index contributed by atoms with van der Waals surface area (Å²) < 4.78 is 5.31. The average Bonchev–Trinajstić information content (AvgIpc) is 2.00. The number of hydrogen-bond acceptors (Lipinski definition) is 2. The van der Waals surface area contributed by atoms with Crippen LogP contribution in [-0.2, 0) is 4.74 Å². The molecule has 0 unspecified atom stereocenters. The Morgan fingerprint density at radius 3 is 2.25 bits per heavy atom. The zero-order valence-electron chi connectivity index (χ0n) is 8.18. The molecule has 0 aromatic carbocycles. The molecule has 0 aromatic rings. The summed E-state index contributed by atoms with van der Waals surface area (Å²) in [5.41, 5.74) is 0.613. The van der Waals surface area contributed by atoms with E-state index >= 15 is 0 Å². The summed E-state index contributed by atoms with van der Waals surface area (Å²) in [6, 6.07) is 0. The molecule has 0 aliphatic heterocycles. The molecule has 0 bridgehead atoms. The van der Waals surface area contributed by atoms with E-state index in [-0.39, 0.29) is 12.0 Å². The highest BCUT2D eigenvalue weighted by atomic mass is 16.5. The van der Waals surface area contributed by atoms with E-state index in [4.69, 9.17) is 9.84 Å². The molecule has 1 N–H and O–H groups in total. The van der Waals surface area contributed by atoms with Crippen LogP contribution < -0.4 is 0 Å². The SMILES string of the molecule is C=C(C)C(=C)OCC(C)(C)CO. The molecule has 0 heterocycles.